The third kappa shape index (κ3) is 77.3. The van der Waals surface area contributed by atoms with E-state index in [1.54, 1.807) is 0 Å². The monoisotopic (exact) mass is 1540 g/mol. The summed E-state index contributed by atoms with van der Waals surface area (Å²) in [6.45, 7) is 4.12. The molecule has 0 bridgehead atoms. The number of carbonyl (C=O) groups is 4. The van der Waals surface area contributed by atoms with Crippen molar-refractivity contribution in [2.24, 2.45) is 0 Å². The second-order valence-corrected chi connectivity index (χ2v) is 28.0. The first-order valence-electron chi connectivity index (χ1n) is 39.6. The maximum Gasteiger partial charge on any atom is 0.472 e. The highest BCUT2D eigenvalue weighted by molar-refractivity contribution is 7.47. The Bertz CT molecular complexity index is 2960. The van der Waals surface area contributed by atoms with E-state index < -0.39 is 97.5 Å². The Morgan fingerprint density at radius 2 is 0.472 bits per heavy atom. The zero-order chi connectivity index (χ0) is 78.9. The third-order valence-corrected chi connectivity index (χ3v) is 17.0. The molecule has 0 aliphatic heterocycles. The van der Waals surface area contributed by atoms with Crippen LogP contribution in [0.3, 0.4) is 0 Å². The molecule has 0 spiro atoms. The third-order valence-electron chi connectivity index (χ3n) is 15.1. The van der Waals surface area contributed by atoms with Crippen molar-refractivity contribution in [1.82, 2.24) is 0 Å². The summed E-state index contributed by atoms with van der Waals surface area (Å²) in [6, 6.07) is 0. The largest absolute Gasteiger partial charge is 0.472 e. The van der Waals surface area contributed by atoms with E-state index in [0.717, 1.165) is 148 Å². The standard InChI is InChI=1S/C89H136O17P2/c1-5-9-13-17-21-25-29-33-37-39-41-43-47-49-53-57-61-65-69-73-86(91)99-79-84(105-88(93)75-71-67-63-59-55-51-45-35-31-27-23-19-15-11-7-3)81-103-107(95,96)101-77-83(90)78-102-108(97,98)104-82-85(106-89(94)76-72-68-64-60-56-52-46-36-32-28-24-20-16-12-8-4)80-100-87(92)74-70-66-62-58-54-50-48-44-42-40-38-34-30-26-22-18-14-10-6-2/h9-16,21-28,33-38,41-46,49-50,53-55,59,61-62,65-66,83-85,90H,5-8,17-20,29-32,39-40,47-48,51-52,56-58,60,63-64,67-82H2,1-4H3,(H,95,96)(H,97,98)/b13-9-,14-10-,15-11-,16-12-,25-21-,26-22-,27-23-,28-24-,37-33-,38-34-,43-41-,44-42-,45-35-,46-36-,53-49-,54-50-,59-55-,65-61-,66-62-. The molecular formula is C89H136O17P2. The number of aliphatic hydroxyl groups is 1. The Hall–Kier alpha value is -6.88. The fourth-order valence-corrected chi connectivity index (χ4v) is 10.9. The van der Waals surface area contributed by atoms with Crippen molar-refractivity contribution >= 4 is 39.5 Å². The van der Waals surface area contributed by atoms with Crippen molar-refractivity contribution in [3.63, 3.8) is 0 Å². The summed E-state index contributed by atoms with van der Waals surface area (Å²) in [6.07, 6.45) is 101. The van der Waals surface area contributed by atoms with Crippen LogP contribution in [0.25, 0.3) is 0 Å². The smallest absolute Gasteiger partial charge is 0.462 e. The Kier molecular flexibility index (Phi) is 73.3. The van der Waals surface area contributed by atoms with Gasteiger partial charge < -0.3 is 33.8 Å². The fraction of sp³-hybridized carbons (Fsp3) is 0.528. The second-order valence-electron chi connectivity index (χ2n) is 25.1. The topological polar surface area (TPSA) is 237 Å². The summed E-state index contributed by atoms with van der Waals surface area (Å²) in [5.74, 6) is -2.47. The predicted molar refractivity (Wildman–Crippen MR) is 444 cm³/mol. The highest BCUT2D eigenvalue weighted by Gasteiger charge is 2.30. The maximum absolute atomic E-state index is 13.1. The molecule has 0 heterocycles. The van der Waals surface area contributed by atoms with Crippen LogP contribution in [0.2, 0.25) is 0 Å². The van der Waals surface area contributed by atoms with Gasteiger partial charge in [-0.05, 0) is 173 Å². The van der Waals surface area contributed by atoms with E-state index >= 15 is 0 Å². The van der Waals surface area contributed by atoms with E-state index in [1.165, 1.54) is 0 Å². The highest BCUT2D eigenvalue weighted by Crippen LogP contribution is 2.45. The number of phosphoric ester groups is 2. The van der Waals surface area contributed by atoms with Gasteiger partial charge in [-0.1, -0.05) is 278 Å². The average molecular weight is 1540 g/mol. The van der Waals surface area contributed by atoms with Crippen LogP contribution < -0.4 is 0 Å². The Morgan fingerprint density at radius 3 is 0.750 bits per heavy atom. The Balaban J connectivity index is 5.57. The first-order chi connectivity index (χ1) is 52.7. The van der Waals surface area contributed by atoms with Crippen molar-refractivity contribution in [2.45, 2.75) is 264 Å². The minimum absolute atomic E-state index is 0.0141. The van der Waals surface area contributed by atoms with E-state index in [0.29, 0.717) is 44.9 Å². The molecule has 0 aromatic rings. The van der Waals surface area contributed by atoms with Crippen molar-refractivity contribution < 1.29 is 80.2 Å². The molecule has 0 aliphatic carbocycles. The van der Waals surface area contributed by atoms with E-state index in [-0.39, 0.29) is 25.7 Å². The van der Waals surface area contributed by atoms with Gasteiger partial charge in [-0.15, -0.1) is 0 Å². The van der Waals surface area contributed by atoms with Crippen molar-refractivity contribution in [1.29, 1.82) is 0 Å². The summed E-state index contributed by atoms with van der Waals surface area (Å²) in [4.78, 5) is 73.0. The van der Waals surface area contributed by atoms with Gasteiger partial charge in [-0.2, -0.15) is 0 Å². The van der Waals surface area contributed by atoms with E-state index in [1.807, 2.05) is 42.5 Å². The Morgan fingerprint density at radius 1 is 0.259 bits per heavy atom. The molecule has 17 nitrogen and oxygen atoms in total. The molecule has 0 saturated heterocycles. The van der Waals surface area contributed by atoms with Gasteiger partial charge in [-0.3, -0.25) is 37.3 Å². The van der Waals surface area contributed by atoms with Crippen LogP contribution in [0.1, 0.15) is 246 Å². The van der Waals surface area contributed by atoms with Gasteiger partial charge in [0.05, 0.1) is 26.4 Å². The van der Waals surface area contributed by atoms with E-state index in [2.05, 4.69) is 216 Å². The molecule has 5 unspecified atom stereocenters. The first-order valence-corrected chi connectivity index (χ1v) is 42.6. The van der Waals surface area contributed by atoms with Crippen LogP contribution >= 0.6 is 15.6 Å². The number of phosphoric acid groups is 2. The van der Waals surface area contributed by atoms with E-state index in [4.69, 9.17) is 37.0 Å². The molecular weight excluding hydrogens is 1400 g/mol. The molecule has 0 rings (SSSR count). The lowest BCUT2D eigenvalue weighted by Gasteiger charge is -2.21. The van der Waals surface area contributed by atoms with Crippen molar-refractivity contribution in [2.75, 3.05) is 39.6 Å². The van der Waals surface area contributed by atoms with Crippen LogP contribution in [0, 0.1) is 0 Å². The number of rotatable bonds is 71. The SMILES string of the molecule is CC/C=C\C/C=C\C/C=C\C/C=C\C/C=C\C/C=C\CCC(=O)OCC(COP(=O)(O)OCC(O)COP(=O)(O)OCC(COC(=O)CC/C=C\C/C=C\C/C=C\C/C=C\C/C=C\C/C=C\CC)OC(=O)CCCCCCC/C=C\C/C=C\C/C=C\CC)OC(=O)CCCC/C=C\C/C=C\C/C=C\C/C=C\CC. The molecule has 19 heteroatoms. The van der Waals surface area contributed by atoms with Gasteiger partial charge in [0.2, 0.25) is 0 Å². The zero-order valence-electron chi connectivity index (χ0n) is 65.9. The number of aliphatic hydroxyl groups excluding tert-OH is 1. The number of esters is 4. The van der Waals surface area contributed by atoms with Gasteiger partial charge in [0.25, 0.3) is 0 Å². The minimum atomic E-state index is -5.03. The molecule has 0 aromatic carbocycles. The summed E-state index contributed by atoms with van der Waals surface area (Å²) >= 11 is 0. The van der Waals surface area contributed by atoms with Gasteiger partial charge in [0, 0.05) is 25.7 Å². The number of hydrogen-bond acceptors (Lipinski definition) is 15. The second kappa shape index (κ2) is 78.2. The van der Waals surface area contributed by atoms with Crippen LogP contribution in [-0.4, -0.2) is 96.7 Å². The van der Waals surface area contributed by atoms with Gasteiger partial charge in [0.15, 0.2) is 12.2 Å². The molecule has 3 N–H and O–H groups in total. The summed E-state index contributed by atoms with van der Waals surface area (Å²) in [5.41, 5.74) is 0. The van der Waals surface area contributed by atoms with Crippen LogP contribution in [0.4, 0.5) is 0 Å². The lowest BCUT2D eigenvalue weighted by atomic mass is 10.1. The summed E-state index contributed by atoms with van der Waals surface area (Å²) < 4.78 is 68.4. The molecule has 108 heavy (non-hydrogen) atoms. The molecule has 0 aromatic heterocycles. The van der Waals surface area contributed by atoms with Gasteiger partial charge in [-0.25, -0.2) is 9.13 Å². The summed E-state index contributed by atoms with van der Waals surface area (Å²) in [7, 11) is -10.0. The first kappa shape index (κ1) is 101. The summed E-state index contributed by atoms with van der Waals surface area (Å²) in [5, 5.41) is 10.6. The number of carbonyl (C=O) groups excluding carboxylic acids is 4. The lowest BCUT2D eigenvalue weighted by Crippen LogP contribution is -2.30. The van der Waals surface area contributed by atoms with Crippen LogP contribution in [0.5, 0.6) is 0 Å². The lowest BCUT2D eigenvalue weighted by molar-refractivity contribution is -0.161. The maximum atomic E-state index is 13.1. The number of ether oxygens (including phenoxy) is 4. The van der Waals surface area contributed by atoms with Crippen molar-refractivity contribution in [3.05, 3.63) is 231 Å². The molecule has 0 saturated carbocycles. The zero-order valence-corrected chi connectivity index (χ0v) is 67.7. The molecule has 0 fully saturated rings. The normalized spacial score (nSPS) is 15.1. The Labute approximate surface area is 651 Å². The number of hydrogen-bond donors (Lipinski definition) is 3. The fourth-order valence-electron chi connectivity index (χ4n) is 9.27. The quantitative estimate of drug-likeness (QED) is 0.0169. The number of unbranched alkanes of at least 4 members (excludes halogenated alkanes) is 7. The highest BCUT2D eigenvalue weighted by atomic mass is 31.2. The van der Waals surface area contributed by atoms with Gasteiger partial charge >= 0.3 is 39.5 Å². The van der Waals surface area contributed by atoms with E-state index in [9.17, 15) is 43.2 Å². The number of allylic oxidation sites excluding steroid dienone is 38. The minimum Gasteiger partial charge on any atom is -0.462 e. The molecule has 0 aliphatic rings. The van der Waals surface area contributed by atoms with Gasteiger partial charge in [0.1, 0.15) is 19.3 Å². The molecule has 0 amide bonds. The molecule has 5 atom stereocenters. The van der Waals surface area contributed by atoms with Crippen LogP contribution in [-0.2, 0) is 65.4 Å². The molecule has 0 radical (unpaired) electrons. The average Bonchev–Trinajstić information content (AvgIpc) is 0.923. The van der Waals surface area contributed by atoms with Crippen LogP contribution in [0.15, 0.2) is 231 Å². The molecule has 604 valence electrons. The predicted octanol–water partition coefficient (Wildman–Crippen LogP) is 23.4. The van der Waals surface area contributed by atoms with Crippen molar-refractivity contribution in [3.8, 4) is 0 Å².